The molecule has 0 amide bonds. The summed E-state index contributed by atoms with van der Waals surface area (Å²) in [5, 5.41) is 9.68. The van der Waals surface area contributed by atoms with Gasteiger partial charge in [-0.3, -0.25) is 4.79 Å². The second-order valence-electron chi connectivity index (χ2n) is 7.95. The van der Waals surface area contributed by atoms with Gasteiger partial charge in [0.15, 0.2) is 0 Å². The molecule has 29 heavy (non-hydrogen) atoms. The van der Waals surface area contributed by atoms with Crippen molar-refractivity contribution >= 4 is 5.97 Å². The first-order valence-electron chi connectivity index (χ1n) is 11.8. The second-order valence-corrected chi connectivity index (χ2v) is 7.95. The van der Waals surface area contributed by atoms with Gasteiger partial charge in [-0.2, -0.15) is 0 Å². The summed E-state index contributed by atoms with van der Waals surface area (Å²) >= 11 is 0. The zero-order chi connectivity index (χ0) is 21.2. The van der Waals surface area contributed by atoms with Crippen LogP contribution in [0.5, 0.6) is 11.5 Å². The molecule has 1 N–H and O–H groups in total. The maximum atomic E-state index is 11.9. The summed E-state index contributed by atoms with van der Waals surface area (Å²) in [6, 6.07) is 4.98. The zero-order valence-corrected chi connectivity index (χ0v) is 18.8. The van der Waals surface area contributed by atoms with E-state index in [4.69, 9.17) is 4.74 Å². The molecule has 3 nitrogen and oxygen atoms in total. The average Bonchev–Trinajstić information content (AvgIpc) is 2.72. The molecule has 0 aliphatic carbocycles. The maximum absolute atomic E-state index is 11.9. The van der Waals surface area contributed by atoms with Crippen LogP contribution < -0.4 is 4.74 Å². The number of benzene rings is 1. The number of rotatable bonds is 17. The Bertz CT molecular complexity index is 577. The predicted molar refractivity (Wildman–Crippen MR) is 123 cm³/mol. The predicted octanol–water partition coefficient (Wildman–Crippen LogP) is 7.90. The van der Waals surface area contributed by atoms with E-state index in [9.17, 15) is 9.90 Å². The molecule has 0 aliphatic heterocycles. The Morgan fingerprint density at radius 3 is 2.07 bits per heavy atom. The third-order valence-corrected chi connectivity index (χ3v) is 5.31. The Morgan fingerprint density at radius 2 is 1.45 bits per heavy atom. The summed E-state index contributed by atoms with van der Waals surface area (Å²) < 4.78 is 5.37. The highest BCUT2D eigenvalue weighted by atomic mass is 16.5. The van der Waals surface area contributed by atoms with Crippen molar-refractivity contribution in [2.75, 3.05) is 0 Å². The van der Waals surface area contributed by atoms with E-state index in [1.165, 1.54) is 70.6 Å². The Kier molecular flexibility index (Phi) is 14.9. The molecule has 0 saturated carbocycles. The third kappa shape index (κ3) is 13.1. The summed E-state index contributed by atoms with van der Waals surface area (Å²) in [5.74, 6) is 0.595. The van der Waals surface area contributed by atoms with E-state index in [1.807, 2.05) is 6.92 Å². The van der Waals surface area contributed by atoms with Crippen molar-refractivity contribution in [2.45, 2.75) is 110 Å². The summed E-state index contributed by atoms with van der Waals surface area (Å²) in [6.07, 6.45) is 22.1. The van der Waals surface area contributed by atoms with E-state index in [0.29, 0.717) is 18.6 Å². The van der Waals surface area contributed by atoms with Gasteiger partial charge in [-0.25, -0.2) is 0 Å². The second kappa shape index (κ2) is 17.1. The van der Waals surface area contributed by atoms with Crippen LogP contribution in [-0.4, -0.2) is 11.1 Å². The number of phenolic OH excluding ortho intramolecular Hbond substituents is 1. The standard InChI is InChI=1S/C26H42O3/c1-3-5-6-7-8-9-10-11-12-13-14-15-16-17-18-19-26(28)29-24-20-21-25(27)23(4-2)22-24/h11-12,20-22,27H,3-10,13-19H2,1-2H3/b12-11-. The van der Waals surface area contributed by atoms with Crippen molar-refractivity contribution in [1.29, 1.82) is 0 Å². The van der Waals surface area contributed by atoms with E-state index in [-0.39, 0.29) is 11.7 Å². The van der Waals surface area contributed by atoms with Crippen LogP contribution in [0.25, 0.3) is 0 Å². The number of ether oxygens (including phenoxy) is 1. The fraction of sp³-hybridized carbons (Fsp3) is 0.654. The SMILES string of the molecule is CCCCCCCC/C=C\CCCCCCCC(=O)Oc1ccc(O)c(CC)c1. The molecule has 0 fully saturated rings. The summed E-state index contributed by atoms with van der Waals surface area (Å²) in [7, 11) is 0. The molecular weight excluding hydrogens is 360 g/mol. The van der Waals surface area contributed by atoms with Gasteiger partial charge in [-0.15, -0.1) is 0 Å². The Hall–Kier alpha value is -1.77. The Morgan fingerprint density at radius 1 is 0.862 bits per heavy atom. The van der Waals surface area contributed by atoms with Gasteiger partial charge >= 0.3 is 5.97 Å². The van der Waals surface area contributed by atoms with Crippen LogP contribution in [0.1, 0.15) is 109 Å². The van der Waals surface area contributed by atoms with Crippen LogP contribution in [0.2, 0.25) is 0 Å². The number of hydrogen-bond acceptors (Lipinski definition) is 3. The zero-order valence-electron chi connectivity index (χ0n) is 18.8. The fourth-order valence-electron chi connectivity index (χ4n) is 3.43. The fourth-order valence-corrected chi connectivity index (χ4v) is 3.43. The number of hydrogen-bond donors (Lipinski definition) is 1. The third-order valence-electron chi connectivity index (χ3n) is 5.31. The van der Waals surface area contributed by atoms with Crippen LogP contribution in [0.3, 0.4) is 0 Å². The van der Waals surface area contributed by atoms with E-state index >= 15 is 0 Å². The molecule has 3 heteroatoms. The first-order chi connectivity index (χ1) is 14.2. The normalized spacial score (nSPS) is 11.2. The number of allylic oxidation sites excluding steroid dienone is 2. The summed E-state index contributed by atoms with van der Waals surface area (Å²) in [4.78, 5) is 11.9. The largest absolute Gasteiger partial charge is 0.508 e. The van der Waals surface area contributed by atoms with Gasteiger partial charge in [0.1, 0.15) is 11.5 Å². The number of aryl methyl sites for hydroxylation is 1. The number of aromatic hydroxyl groups is 1. The van der Waals surface area contributed by atoms with Gasteiger partial charge in [0.25, 0.3) is 0 Å². The van der Waals surface area contributed by atoms with Crippen molar-refractivity contribution in [2.24, 2.45) is 0 Å². The maximum Gasteiger partial charge on any atom is 0.311 e. The quantitative estimate of drug-likeness (QED) is 0.125. The monoisotopic (exact) mass is 402 g/mol. The van der Waals surface area contributed by atoms with Crippen molar-refractivity contribution in [3.63, 3.8) is 0 Å². The molecule has 0 aliphatic rings. The van der Waals surface area contributed by atoms with E-state index in [2.05, 4.69) is 19.1 Å². The van der Waals surface area contributed by atoms with Crippen LogP contribution in [0.4, 0.5) is 0 Å². The lowest BCUT2D eigenvalue weighted by Crippen LogP contribution is -2.07. The van der Waals surface area contributed by atoms with E-state index in [1.54, 1.807) is 18.2 Å². The highest BCUT2D eigenvalue weighted by molar-refractivity contribution is 5.72. The first-order valence-corrected chi connectivity index (χ1v) is 11.8. The van der Waals surface area contributed by atoms with Crippen molar-refractivity contribution < 1.29 is 14.6 Å². The number of esters is 1. The molecule has 0 bridgehead atoms. The summed E-state index contributed by atoms with van der Waals surface area (Å²) in [5.41, 5.74) is 0.802. The highest BCUT2D eigenvalue weighted by Gasteiger charge is 2.07. The smallest absolute Gasteiger partial charge is 0.311 e. The number of phenols is 1. The molecule has 1 rings (SSSR count). The minimum Gasteiger partial charge on any atom is -0.508 e. The molecular formula is C26H42O3. The molecule has 1 aromatic rings. The molecule has 0 radical (unpaired) electrons. The molecule has 0 unspecified atom stereocenters. The minimum atomic E-state index is -0.185. The average molecular weight is 403 g/mol. The topological polar surface area (TPSA) is 46.5 Å². The lowest BCUT2D eigenvalue weighted by molar-refractivity contribution is -0.134. The molecule has 1 aromatic carbocycles. The van der Waals surface area contributed by atoms with Gasteiger partial charge in [0.2, 0.25) is 0 Å². The van der Waals surface area contributed by atoms with Gasteiger partial charge < -0.3 is 9.84 Å². The van der Waals surface area contributed by atoms with Crippen LogP contribution in [-0.2, 0) is 11.2 Å². The van der Waals surface area contributed by atoms with Crippen LogP contribution in [0.15, 0.2) is 30.4 Å². The van der Waals surface area contributed by atoms with E-state index < -0.39 is 0 Å². The first kappa shape index (κ1) is 25.3. The highest BCUT2D eigenvalue weighted by Crippen LogP contribution is 2.23. The number of carbonyl (C=O) groups is 1. The van der Waals surface area contributed by atoms with E-state index in [0.717, 1.165) is 18.4 Å². The van der Waals surface area contributed by atoms with Crippen LogP contribution >= 0.6 is 0 Å². The van der Waals surface area contributed by atoms with Crippen molar-refractivity contribution in [3.05, 3.63) is 35.9 Å². The van der Waals surface area contributed by atoms with Gasteiger partial charge in [0, 0.05) is 6.42 Å². The molecule has 0 heterocycles. The van der Waals surface area contributed by atoms with Gasteiger partial charge in [-0.05, 0) is 62.3 Å². The molecule has 0 spiro atoms. The molecule has 164 valence electrons. The number of unbranched alkanes of at least 4 members (excludes halogenated alkanes) is 11. The Labute approximate surface area is 178 Å². The van der Waals surface area contributed by atoms with Crippen molar-refractivity contribution in [3.8, 4) is 11.5 Å². The van der Waals surface area contributed by atoms with Gasteiger partial charge in [0.05, 0.1) is 0 Å². The van der Waals surface area contributed by atoms with Crippen molar-refractivity contribution in [1.82, 2.24) is 0 Å². The Balaban J connectivity index is 1.95. The van der Waals surface area contributed by atoms with Crippen LogP contribution in [0, 0.1) is 0 Å². The summed E-state index contributed by atoms with van der Waals surface area (Å²) in [6.45, 7) is 4.23. The molecule has 0 saturated heterocycles. The molecule has 0 atom stereocenters. The molecule has 0 aromatic heterocycles. The lowest BCUT2D eigenvalue weighted by atomic mass is 10.1. The van der Waals surface area contributed by atoms with Gasteiger partial charge in [-0.1, -0.05) is 77.4 Å². The number of carbonyl (C=O) groups excluding carboxylic acids is 1. The minimum absolute atomic E-state index is 0.185. The lowest BCUT2D eigenvalue weighted by Gasteiger charge is -2.07.